The molecule has 1 N–H and O–H groups in total. The van der Waals surface area contributed by atoms with E-state index in [1.54, 1.807) is 6.07 Å². The maximum absolute atomic E-state index is 13.1. The fourth-order valence-corrected chi connectivity index (χ4v) is 2.82. The molecule has 2 rings (SSSR count). The van der Waals surface area contributed by atoms with Crippen LogP contribution in [-0.4, -0.2) is 28.7 Å². The largest absolute Gasteiger partial charge is 0.393 e. The Balaban J connectivity index is 2.03. The third kappa shape index (κ3) is 3.30. The minimum atomic E-state index is -0.245. The van der Waals surface area contributed by atoms with Crippen LogP contribution in [-0.2, 0) is 6.54 Å². The van der Waals surface area contributed by atoms with Crippen molar-refractivity contribution >= 4 is 0 Å². The molecule has 3 heteroatoms. The number of aliphatic hydroxyl groups is 1. The van der Waals surface area contributed by atoms with Crippen LogP contribution in [0, 0.1) is 12.7 Å². The van der Waals surface area contributed by atoms with Crippen molar-refractivity contribution in [2.24, 2.45) is 0 Å². The number of halogens is 1. The van der Waals surface area contributed by atoms with Gasteiger partial charge in [-0.25, -0.2) is 4.39 Å². The zero-order valence-corrected chi connectivity index (χ0v) is 11.2. The van der Waals surface area contributed by atoms with E-state index in [0.29, 0.717) is 6.04 Å². The first-order valence-electron chi connectivity index (χ1n) is 6.73. The van der Waals surface area contributed by atoms with Crippen LogP contribution in [0.4, 0.5) is 4.39 Å². The lowest BCUT2D eigenvalue weighted by Gasteiger charge is -2.26. The van der Waals surface area contributed by atoms with E-state index in [2.05, 4.69) is 4.90 Å². The number of hydrogen-bond donors (Lipinski definition) is 1. The van der Waals surface area contributed by atoms with E-state index in [0.717, 1.165) is 31.5 Å². The molecule has 0 radical (unpaired) electrons. The van der Waals surface area contributed by atoms with Crippen molar-refractivity contribution in [3.63, 3.8) is 0 Å². The lowest BCUT2D eigenvalue weighted by Crippen LogP contribution is -2.31. The Kier molecular flexibility index (Phi) is 4.36. The minimum Gasteiger partial charge on any atom is -0.393 e. The maximum Gasteiger partial charge on any atom is 0.123 e. The van der Waals surface area contributed by atoms with Gasteiger partial charge in [0.15, 0.2) is 0 Å². The quantitative estimate of drug-likeness (QED) is 0.889. The molecule has 0 bridgehead atoms. The summed E-state index contributed by atoms with van der Waals surface area (Å²) in [5.74, 6) is -0.168. The summed E-state index contributed by atoms with van der Waals surface area (Å²) in [6, 6.07) is 5.47. The molecule has 18 heavy (non-hydrogen) atoms. The molecule has 100 valence electrons. The van der Waals surface area contributed by atoms with E-state index in [1.807, 2.05) is 19.9 Å². The molecule has 1 saturated heterocycles. The van der Waals surface area contributed by atoms with Crippen LogP contribution < -0.4 is 0 Å². The number of nitrogens with zero attached hydrogens (tertiary/aromatic N) is 1. The van der Waals surface area contributed by atoms with Gasteiger partial charge in [-0.05, 0) is 62.9 Å². The summed E-state index contributed by atoms with van der Waals surface area (Å²) < 4.78 is 13.1. The van der Waals surface area contributed by atoms with Gasteiger partial charge in [0.25, 0.3) is 0 Å². The SMILES string of the molecule is Cc1cc(F)ccc1CN1CCCC1CC(C)O. The Labute approximate surface area is 108 Å². The summed E-state index contributed by atoms with van der Waals surface area (Å²) in [6.07, 6.45) is 2.94. The number of likely N-dealkylation sites (tertiary alicyclic amines) is 1. The molecule has 0 saturated carbocycles. The first-order valence-corrected chi connectivity index (χ1v) is 6.73. The van der Waals surface area contributed by atoms with E-state index in [4.69, 9.17) is 0 Å². The average molecular weight is 251 g/mol. The van der Waals surface area contributed by atoms with Gasteiger partial charge in [-0.3, -0.25) is 4.90 Å². The van der Waals surface area contributed by atoms with Crippen molar-refractivity contribution in [2.75, 3.05) is 6.54 Å². The number of rotatable bonds is 4. The van der Waals surface area contributed by atoms with E-state index in [-0.39, 0.29) is 11.9 Å². The number of benzene rings is 1. The molecular formula is C15H22FNO. The molecule has 1 fully saturated rings. The second kappa shape index (κ2) is 5.81. The Hall–Kier alpha value is -0.930. The third-order valence-corrected chi connectivity index (χ3v) is 3.79. The van der Waals surface area contributed by atoms with Gasteiger partial charge in [-0.2, -0.15) is 0 Å². The van der Waals surface area contributed by atoms with Gasteiger partial charge in [-0.15, -0.1) is 0 Å². The highest BCUT2D eigenvalue weighted by Gasteiger charge is 2.25. The summed E-state index contributed by atoms with van der Waals surface area (Å²) >= 11 is 0. The van der Waals surface area contributed by atoms with Crippen molar-refractivity contribution in [1.29, 1.82) is 0 Å². The Morgan fingerprint density at radius 3 is 2.94 bits per heavy atom. The van der Waals surface area contributed by atoms with E-state index >= 15 is 0 Å². The van der Waals surface area contributed by atoms with Gasteiger partial charge in [0.1, 0.15) is 5.82 Å². The molecule has 2 atom stereocenters. The van der Waals surface area contributed by atoms with Crippen molar-refractivity contribution in [3.8, 4) is 0 Å². The van der Waals surface area contributed by atoms with Gasteiger partial charge in [0, 0.05) is 12.6 Å². The van der Waals surface area contributed by atoms with Crippen molar-refractivity contribution in [1.82, 2.24) is 4.90 Å². The van der Waals surface area contributed by atoms with Crippen LogP contribution in [0.1, 0.15) is 37.3 Å². The summed E-state index contributed by atoms with van der Waals surface area (Å²) in [5.41, 5.74) is 2.20. The fraction of sp³-hybridized carbons (Fsp3) is 0.600. The van der Waals surface area contributed by atoms with Crippen molar-refractivity contribution < 1.29 is 9.50 Å². The highest BCUT2D eigenvalue weighted by atomic mass is 19.1. The van der Waals surface area contributed by atoms with Gasteiger partial charge < -0.3 is 5.11 Å². The average Bonchev–Trinajstić information content (AvgIpc) is 2.69. The molecule has 0 aliphatic carbocycles. The monoisotopic (exact) mass is 251 g/mol. The number of aryl methyl sites for hydroxylation is 1. The fourth-order valence-electron chi connectivity index (χ4n) is 2.82. The lowest BCUT2D eigenvalue weighted by molar-refractivity contribution is 0.130. The highest BCUT2D eigenvalue weighted by molar-refractivity contribution is 5.26. The Bertz CT molecular complexity index is 405. The molecule has 1 aliphatic rings. The Morgan fingerprint density at radius 1 is 1.50 bits per heavy atom. The van der Waals surface area contributed by atoms with Gasteiger partial charge in [-0.1, -0.05) is 6.07 Å². The summed E-state index contributed by atoms with van der Waals surface area (Å²) in [5, 5.41) is 9.51. The first kappa shape index (κ1) is 13.5. The zero-order chi connectivity index (χ0) is 13.1. The molecule has 1 aliphatic heterocycles. The maximum atomic E-state index is 13.1. The zero-order valence-electron chi connectivity index (χ0n) is 11.2. The van der Waals surface area contributed by atoms with Crippen LogP contribution in [0.3, 0.4) is 0 Å². The normalized spacial score (nSPS) is 22.3. The van der Waals surface area contributed by atoms with Crippen LogP contribution in [0.2, 0.25) is 0 Å². The molecule has 2 unspecified atom stereocenters. The molecular weight excluding hydrogens is 229 g/mol. The van der Waals surface area contributed by atoms with E-state index in [1.165, 1.54) is 18.1 Å². The molecule has 2 nitrogen and oxygen atoms in total. The molecule has 0 amide bonds. The van der Waals surface area contributed by atoms with Crippen LogP contribution in [0.25, 0.3) is 0 Å². The summed E-state index contributed by atoms with van der Waals surface area (Å²) in [7, 11) is 0. The van der Waals surface area contributed by atoms with Crippen molar-refractivity contribution in [2.45, 2.75) is 51.8 Å². The number of aliphatic hydroxyl groups excluding tert-OH is 1. The van der Waals surface area contributed by atoms with Gasteiger partial charge in [0.2, 0.25) is 0 Å². The van der Waals surface area contributed by atoms with Crippen LogP contribution >= 0.6 is 0 Å². The van der Waals surface area contributed by atoms with E-state index < -0.39 is 0 Å². The predicted octanol–water partition coefficient (Wildman–Crippen LogP) is 2.87. The topological polar surface area (TPSA) is 23.5 Å². The van der Waals surface area contributed by atoms with Crippen LogP contribution in [0.15, 0.2) is 18.2 Å². The minimum absolute atomic E-state index is 0.168. The highest BCUT2D eigenvalue weighted by Crippen LogP contribution is 2.24. The second-order valence-corrected chi connectivity index (χ2v) is 5.42. The summed E-state index contributed by atoms with van der Waals surface area (Å²) in [4.78, 5) is 2.41. The van der Waals surface area contributed by atoms with E-state index in [9.17, 15) is 9.50 Å². The van der Waals surface area contributed by atoms with Crippen molar-refractivity contribution in [3.05, 3.63) is 35.1 Å². The molecule has 0 spiro atoms. The standard InChI is InChI=1S/C15H22FNO/c1-11-8-14(16)6-5-13(11)10-17-7-3-4-15(17)9-12(2)18/h5-6,8,12,15,18H,3-4,7,9-10H2,1-2H3. The van der Waals surface area contributed by atoms with Crippen LogP contribution in [0.5, 0.6) is 0 Å². The molecule has 0 aromatic heterocycles. The Morgan fingerprint density at radius 2 is 2.28 bits per heavy atom. The summed E-state index contributed by atoms with van der Waals surface area (Å²) in [6.45, 7) is 5.75. The smallest absolute Gasteiger partial charge is 0.123 e. The predicted molar refractivity (Wildman–Crippen MR) is 70.9 cm³/mol. The number of hydrogen-bond acceptors (Lipinski definition) is 2. The lowest BCUT2D eigenvalue weighted by atomic mass is 10.1. The molecule has 1 aromatic rings. The second-order valence-electron chi connectivity index (χ2n) is 5.42. The third-order valence-electron chi connectivity index (χ3n) is 3.79. The van der Waals surface area contributed by atoms with Gasteiger partial charge >= 0.3 is 0 Å². The van der Waals surface area contributed by atoms with Gasteiger partial charge in [0.05, 0.1) is 6.10 Å². The molecule has 1 heterocycles. The first-order chi connectivity index (χ1) is 8.56. The molecule has 1 aromatic carbocycles.